The van der Waals surface area contributed by atoms with Crippen molar-refractivity contribution in [3.05, 3.63) is 47.8 Å². The highest BCUT2D eigenvalue weighted by Crippen LogP contribution is 2.43. The number of aliphatic hydroxyl groups is 1. The molecule has 1 saturated carbocycles. The van der Waals surface area contributed by atoms with E-state index in [-0.39, 0.29) is 11.9 Å². The standard InChI is InChI=1S/C15H15FN2O2/c16-9-1-4-14-11(5-9)13(19)6-15(20-14)12-7-17-8-18(12)10-2-3-10/h1,4-5,7-8,10,13,15,19H,2-3,6H2/t13-,15?/m1/s1. The maximum atomic E-state index is 13.2. The molecule has 1 aliphatic heterocycles. The molecule has 0 radical (unpaired) electrons. The molecule has 1 aromatic heterocycles. The maximum absolute atomic E-state index is 13.2. The molecule has 0 bridgehead atoms. The zero-order valence-corrected chi connectivity index (χ0v) is 10.9. The molecule has 1 aromatic carbocycles. The number of nitrogens with zero attached hydrogens (tertiary/aromatic N) is 2. The molecule has 1 N–H and O–H groups in total. The molecule has 1 aliphatic carbocycles. The van der Waals surface area contributed by atoms with Crippen molar-refractivity contribution in [2.45, 2.75) is 37.5 Å². The lowest BCUT2D eigenvalue weighted by atomic mass is 9.97. The molecular formula is C15H15FN2O2. The molecule has 4 nitrogen and oxygen atoms in total. The predicted octanol–water partition coefficient (Wildman–Crippen LogP) is 2.91. The van der Waals surface area contributed by atoms with Gasteiger partial charge in [0.15, 0.2) is 0 Å². The summed E-state index contributed by atoms with van der Waals surface area (Å²) in [4.78, 5) is 4.20. The Hall–Kier alpha value is -1.88. The number of aliphatic hydroxyl groups excluding tert-OH is 1. The second kappa shape index (κ2) is 4.31. The first-order valence-corrected chi connectivity index (χ1v) is 6.88. The zero-order chi connectivity index (χ0) is 13.7. The first-order valence-electron chi connectivity index (χ1n) is 6.88. The fourth-order valence-electron chi connectivity index (χ4n) is 2.82. The van der Waals surface area contributed by atoms with Crippen molar-refractivity contribution < 1.29 is 14.2 Å². The molecule has 0 spiro atoms. The van der Waals surface area contributed by atoms with E-state index < -0.39 is 6.10 Å². The molecule has 4 rings (SSSR count). The molecule has 2 atom stereocenters. The van der Waals surface area contributed by atoms with Crippen LogP contribution in [0, 0.1) is 5.82 Å². The van der Waals surface area contributed by atoms with Crippen LogP contribution in [0.5, 0.6) is 5.75 Å². The minimum Gasteiger partial charge on any atom is -0.484 e. The van der Waals surface area contributed by atoms with Crippen LogP contribution >= 0.6 is 0 Å². The minimum absolute atomic E-state index is 0.230. The fraction of sp³-hybridized carbons (Fsp3) is 0.400. The van der Waals surface area contributed by atoms with Gasteiger partial charge in [0.25, 0.3) is 0 Å². The van der Waals surface area contributed by atoms with Gasteiger partial charge in [-0.05, 0) is 31.0 Å². The highest BCUT2D eigenvalue weighted by atomic mass is 19.1. The van der Waals surface area contributed by atoms with Gasteiger partial charge in [-0.15, -0.1) is 0 Å². The Morgan fingerprint density at radius 3 is 3.00 bits per heavy atom. The first-order chi connectivity index (χ1) is 9.72. The molecule has 2 aromatic rings. The summed E-state index contributed by atoms with van der Waals surface area (Å²) in [5, 5.41) is 10.2. The van der Waals surface area contributed by atoms with E-state index in [1.165, 1.54) is 25.0 Å². The second-order valence-electron chi connectivity index (χ2n) is 5.50. The number of hydrogen-bond donors (Lipinski definition) is 1. The van der Waals surface area contributed by atoms with Crippen molar-refractivity contribution in [2.75, 3.05) is 0 Å². The summed E-state index contributed by atoms with van der Waals surface area (Å²) in [6.45, 7) is 0. The van der Waals surface area contributed by atoms with Gasteiger partial charge in [0.05, 0.1) is 24.3 Å². The second-order valence-corrected chi connectivity index (χ2v) is 5.50. The van der Waals surface area contributed by atoms with Crippen LogP contribution in [0.15, 0.2) is 30.7 Å². The Balaban J connectivity index is 1.68. The maximum Gasteiger partial charge on any atom is 0.143 e. The van der Waals surface area contributed by atoms with E-state index in [9.17, 15) is 9.50 Å². The van der Waals surface area contributed by atoms with Crippen LogP contribution in [-0.2, 0) is 0 Å². The van der Waals surface area contributed by atoms with Crippen molar-refractivity contribution in [3.8, 4) is 5.75 Å². The van der Waals surface area contributed by atoms with Crippen LogP contribution in [-0.4, -0.2) is 14.7 Å². The summed E-state index contributed by atoms with van der Waals surface area (Å²) in [6.07, 6.45) is 5.44. The van der Waals surface area contributed by atoms with Gasteiger partial charge in [-0.2, -0.15) is 0 Å². The summed E-state index contributed by atoms with van der Waals surface area (Å²) < 4.78 is 21.3. The van der Waals surface area contributed by atoms with Crippen LogP contribution in [0.4, 0.5) is 4.39 Å². The van der Waals surface area contributed by atoms with Gasteiger partial charge >= 0.3 is 0 Å². The number of aromatic nitrogens is 2. The van der Waals surface area contributed by atoms with Crippen molar-refractivity contribution >= 4 is 0 Å². The van der Waals surface area contributed by atoms with Gasteiger partial charge in [0.1, 0.15) is 17.7 Å². The van der Waals surface area contributed by atoms with E-state index in [1.54, 1.807) is 12.3 Å². The highest BCUT2D eigenvalue weighted by molar-refractivity contribution is 5.38. The minimum atomic E-state index is -0.706. The van der Waals surface area contributed by atoms with E-state index in [1.807, 2.05) is 6.33 Å². The average molecular weight is 274 g/mol. The molecule has 0 saturated heterocycles. The lowest BCUT2D eigenvalue weighted by Gasteiger charge is -2.30. The molecule has 2 heterocycles. The number of fused-ring (bicyclic) bond motifs is 1. The Labute approximate surface area is 115 Å². The summed E-state index contributed by atoms with van der Waals surface area (Å²) in [5.74, 6) is 0.201. The van der Waals surface area contributed by atoms with Gasteiger partial charge < -0.3 is 14.4 Å². The summed E-state index contributed by atoms with van der Waals surface area (Å²) in [7, 11) is 0. The molecular weight excluding hydrogens is 259 g/mol. The van der Waals surface area contributed by atoms with E-state index in [0.717, 1.165) is 5.69 Å². The Morgan fingerprint density at radius 2 is 2.20 bits per heavy atom. The van der Waals surface area contributed by atoms with Gasteiger partial charge in [-0.1, -0.05) is 0 Å². The highest BCUT2D eigenvalue weighted by Gasteiger charge is 2.33. The van der Waals surface area contributed by atoms with Crippen LogP contribution < -0.4 is 4.74 Å². The van der Waals surface area contributed by atoms with E-state index >= 15 is 0 Å². The van der Waals surface area contributed by atoms with Crippen molar-refractivity contribution in [1.82, 2.24) is 9.55 Å². The van der Waals surface area contributed by atoms with Crippen LogP contribution in [0.3, 0.4) is 0 Å². The molecule has 5 heteroatoms. The average Bonchev–Trinajstić information content (AvgIpc) is 3.17. The number of rotatable bonds is 2. The monoisotopic (exact) mass is 274 g/mol. The number of hydrogen-bond acceptors (Lipinski definition) is 3. The zero-order valence-electron chi connectivity index (χ0n) is 10.9. The third kappa shape index (κ3) is 1.89. The number of imidazole rings is 1. The molecule has 2 aliphatic rings. The van der Waals surface area contributed by atoms with Crippen LogP contribution in [0.25, 0.3) is 0 Å². The van der Waals surface area contributed by atoms with Gasteiger partial charge in [0, 0.05) is 18.0 Å². The largest absolute Gasteiger partial charge is 0.484 e. The lowest BCUT2D eigenvalue weighted by molar-refractivity contribution is 0.0614. The van der Waals surface area contributed by atoms with Crippen molar-refractivity contribution in [3.63, 3.8) is 0 Å². The molecule has 1 fully saturated rings. The molecule has 1 unspecified atom stereocenters. The smallest absolute Gasteiger partial charge is 0.143 e. The normalized spacial score (nSPS) is 25.1. The SMILES string of the molecule is O[C@@H]1CC(c2cncn2C2CC2)Oc2ccc(F)cc21. The Bertz CT molecular complexity index is 651. The Kier molecular flexibility index (Phi) is 2.57. The van der Waals surface area contributed by atoms with Crippen molar-refractivity contribution in [2.24, 2.45) is 0 Å². The third-order valence-corrected chi connectivity index (χ3v) is 4.00. The van der Waals surface area contributed by atoms with Gasteiger partial charge in [-0.3, -0.25) is 0 Å². The summed E-state index contributed by atoms with van der Waals surface area (Å²) >= 11 is 0. The quantitative estimate of drug-likeness (QED) is 0.916. The number of halogens is 1. The third-order valence-electron chi connectivity index (χ3n) is 4.00. The topological polar surface area (TPSA) is 47.3 Å². The summed E-state index contributed by atoms with van der Waals surface area (Å²) in [6, 6.07) is 4.79. The van der Waals surface area contributed by atoms with Crippen molar-refractivity contribution in [1.29, 1.82) is 0 Å². The molecule has 104 valence electrons. The number of benzene rings is 1. The lowest BCUT2D eigenvalue weighted by Crippen LogP contribution is -2.21. The predicted molar refractivity (Wildman–Crippen MR) is 69.8 cm³/mol. The molecule has 0 amide bonds. The van der Waals surface area contributed by atoms with Gasteiger partial charge in [0.2, 0.25) is 0 Å². The molecule has 20 heavy (non-hydrogen) atoms. The van der Waals surface area contributed by atoms with Gasteiger partial charge in [-0.25, -0.2) is 9.37 Å². The van der Waals surface area contributed by atoms with E-state index in [0.29, 0.717) is 23.8 Å². The van der Waals surface area contributed by atoms with Crippen LogP contribution in [0.2, 0.25) is 0 Å². The van der Waals surface area contributed by atoms with E-state index in [4.69, 9.17) is 4.74 Å². The summed E-state index contributed by atoms with van der Waals surface area (Å²) in [5.41, 5.74) is 1.51. The van der Waals surface area contributed by atoms with E-state index in [2.05, 4.69) is 9.55 Å². The Morgan fingerprint density at radius 1 is 1.35 bits per heavy atom. The number of ether oxygens (including phenoxy) is 1. The first kappa shape index (κ1) is 11.9. The van der Waals surface area contributed by atoms with Crippen LogP contribution in [0.1, 0.15) is 48.8 Å². The fourth-order valence-corrected chi connectivity index (χ4v) is 2.82.